The van der Waals surface area contributed by atoms with E-state index in [2.05, 4.69) is 35.2 Å². The van der Waals surface area contributed by atoms with E-state index in [1.165, 1.54) is 11.1 Å². The van der Waals surface area contributed by atoms with Crippen molar-refractivity contribution in [1.82, 2.24) is 4.90 Å². The molecule has 1 saturated heterocycles. The Morgan fingerprint density at radius 2 is 1.72 bits per heavy atom. The molecule has 3 heteroatoms. The minimum absolute atomic E-state index is 0.298. The number of likely N-dealkylation sites (tertiary alicyclic amines) is 1. The normalized spacial score (nSPS) is 17.0. The number of aryl methyl sites for hydroxylation is 1. The molecular formula is C22H26N2O. The molecule has 0 bridgehead atoms. The molecule has 0 saturated carbocycles. The van der Waals surface area contributed by atoms with E-state index < -0.39 is 0 Å². The monoisotopic (exact) mass is 334 g/mol. The van der Waals surface area contributed by atoms with E-state index in [-0.39, 0.29) is 5.41 Å². The summed E-state index contributed by atoms with van der Waals surface area (Å²) in [5.41, 5.74) is 2.23. The number of hydrogen-bond acceptors (Lipinski definition) is 3. The number of ether oxygens (including phenoxy) is 1. The van der Waals surface area contributed by atoms with Crippen LogP contribution in [-0.4, -0.2) is 31.6 Å². The second-order valence-electron chi connectivity index (χ2n) is 6.85. The highest BCUT2D eigenvalue weighted by Gasteiger charge is 2.36. The molecule has 130 valence electrons. The Morgan fingerprint density at radius 3 is 2.32 bits per heavy atom. The maximum atomic E-state index is 9.77. The first-order valence-corrected chi connectivity index (χ1v) is 9.08. The molecule has 0 aromatic heterocycles. The zero-order valence-electron chi connectivity index (χ0n) is 14.9. The van der Waals surface area contributed by atoms with Crippen LogP contribution in [-0.2, 0) is 11.8 Å². The average molecular weight is 334 g/mol. The Morgan fingerprint density at radius 1 is 1.04 bits per heavy atom. The van der Waals surface area contributed by atoms with Crippen LogP contribution in [0.25, 0.3) is 0 Å². The fourth-order valence-electron chi connectivity index (χ4n) is 3.68. The minimum atomic E-state index is -0.298. The van der Waals surface area contributed by atoms with Crippen LogP contribution in [0.2, 0.25) is 0 Å². The molecule has 0 radical (unpaired) electrons. The van der Waals surface area contributed by atoms with E-state index in [1.54, 1.807) is 7.11 Å². The smallest absolute Gasteiger partial charge is 0.118 e. The lowest BCUT2D eigenvalue weighted by Crippen LogP contribution is -2.42. The topological polar surface area (TPSA) is 36.3 Å². The highest BCUT2D eigenvalue weighted by Crippen LogP contribution is 2.34. The summed E-state index contributed by atoms with van der Waals surface area (Å²) < 4.78 is 5.20. The van der Waals surface area contributed by atoms with Gasteiger partial charge in [0.15, 0.2) is 0 Å². The Hall–Kier alpha value is -2.31. The molecule has 0 N–H and O–H groups in total. The van der Waals surface area contributed by atoms with Crippen molar-refractivity contribution >= 4 is 0 Å². The summed E-state index contributed by atoms with van der Waals surface area (Å²) in [5.74, 6) is 0.911. The van der Waals surface area contributed by atoms with Gasteiger partial charge in [-0.05, 0) is 68.6 Å². The first-order valence-electron chi connectivity index (χ1n) is 9.08. The summed E-state index contributed by atoms with van der Waals surface area (Å²) in [6.45, 7) is 3.11. The number of benzene rings is 2. The molecule has 25 heavy (non-hydrogen) atoms. The van der Waals surface area contributed by atoms with E-state index in [1.807, 2.05) is 30.3 Å². The number of nitrogens with zero attached hydrogens (tertiary/aromatic N) is 2. The lowest BCUT2D eigenvalue weighted by Gasteiger charge is -2.37. The molecular weight excluding hydrogens is 308 g/mol. The third kappa shape index (κ3) is 4.21. The molecule has 1 aliphatic heterocycles. The molecule has 3 rings (SSSR count). The van der Waals surface area contributed by atoms with Gasteiger partial charge >= 0.3 is 0 Å². The molecule has 1 aliphatic rings. The maximum absolute atomic E-state index is 9.77. The van der Waals surface area contributed by atoms with Crippen molar-refractivity contribution in [2.45, 2.75) is 31.1 Å². The summed E-state index contributed by atoms with van der Waals surface area (Å²) >= 11 is 0. The van der Waals surface area contributed by atoms with Gasteiger partial charge in [-0.3, -0.25) is 0 Å². The molecule has 0 aliphatic carbocycles. The molecule has 0 amide bonds. The van der Waals surface area contributed by atoms with Gasteiger partial charge in [0.2, 0.25) is 0 Å². The van der Waals surface area contributed by atoms with Gasteiger partial charge in [0.05, 0.1) is 18.6 Å². The second-order valence-corrected chi connectivity index (χ2v) is 6.85. The summed E-state index contributed by atoms with van der Waals surface area (Å²) in [6, 6.07) is 21.2. The van der Waals surface area contributed by atoms with E-state index in [4.69, 9.17) is 4.74 Å². The van der Waals surface area contributed by atoms with Crippen molar-refractivity contribution in [2.75, 3.05) is 26.7 Å². The summed E-state index contributed by atoms with van der Waals surface area (Å²) in [4.78, 5) is 2.50. The number of piperidine rings is 1. The predicted octanol–water partition coefficient (Wildman–Crippen LogP) is 4.19. The van der Waals surface area contributed by atoms with Gasteiger partial charge in [0.1, 0.15) is 5.75 Å². The fraction of sp³-hybridized carbons (Fsp3) is 0.409. The first kappa shape index (κ1) is 17.5. The standard InChI is InChI=1S/C22H26N2O/c1-25-21-11-9-19(10-12-21)6-5-15-24-16-13-22(18-23,14-17-24)20-7-3-2-4-8-20/h2-4,7-12H,5-6,13-17H2,1H3. The van der Waals surface area contributed by atoms with Gasteiger partial charge in [0.25, 0.3) is 0 Å². The van der Waals surface area contributed by atoms with Gasteiger partial charge in [-0.1, -0.05) is 42.5 Å². The van der Waals surface area contributed by atoms with E-state index >= 15 is 0 Å². The Bertz CT molecular complexity index is 695. The van der Waals surface area contributed by atoms with E-state index in [0.717, 1.165) is 51.1 Å². The fourth-order valence-corrected chi connectivity index (χ4v) is 3.68. The van der Waals surface area contributed by atoms with Crippen LogP contribution in [0.15, 0.2) is 54.6 Å². The molecule has 0 unspecified atom stereocenters. The minimum Gasteiger partial charge on any atom is -0.497 e. The third-order valence-corrected chi connectivity index (χ3v) is 5.35. The molecule has 1 fully saturated rings. The van der Waals surface area contributed by atoms with Crippen molar-refractivity contribution in [3.8, 4) is 11.8 Å². The average Bonchev–Trinajstić information content (AvgIpc) is 2.70. The van der Waals surface area contributed by atoms with Crippen molar-refractivity contribution < 1.29 is 4.74 Å². The first-order chi connectivity index (χ1) is 12.3. The zero-order chi connectivity index (χ0) is 17.5. The van der Waals surface area contributed by atoms with Crippen molar-refractivity contribution in [3.63, 3.8) is 0 Å². The van der Waals surface area contributed by atoms with Crippen LogP contribution >= 0.6 is 0 Å². The van der Waals surface area contributed by atoms with Crippen LogP contribution in [0.1, 0.15) is 30.4 Å². The van der Waals surface area contributed by atoms with Crippen LogP contribution in [0.5, 0.6) is 5.75 Å². The van der Waals surface area contributed by atoms with Crippen LogP contribution in [0, 0.1) is 11.3 Å². The molecule has 0 atom stereocenters. The molecule has 1 heterocycles. The highest BCUT2D eigenvalue weighted by atomic mass is 16.5. The van der Waals surface area contributed by atoms with Crippen molar-refractivity contribution in [2.24, 2.45) is 0 Å². The summed E-state index contributed by atoms with van der Waals surface area (Å²) in [7, 11) is 1.70. The van der Waals surface area contributed by atoms with Gasteiger partial charge in [0, 0.05) is 0 Å². The largest absolute Gasteiger partial charge is 0.497 e. The van der Waals surface area contributed by atoms with Gasteiger partial charge in [-0.25, -0.2) is 0 Å². The van der Waals surface area contributed by atoms with Crippen molar-refractivity contribution in [3.05, 3.63) is 65.7 Å². The Balaban J connectivity index is 1.48. The van der Waals surface area contributed by atoms with Crippen LogP contribution in [0.3, 0.4) is 0 Å². The van der Waals surface area contributed by atoms with Gasteiger partial charge < -0.3 is 9.64 Å². The Kier molecular flexibility index (Phi) is 5.73. The van der Waals surface area contributed by atoms with Gasteiger partial charge in [-0.2, -0.15) is 5.26 Å². The zero-order valence-corrected chi connectivity index (χ0v) is 14.9. The summed E-state index contributed by atoms with van der Waals surface area (Å²) in [6.07, 6.45) is 4.09. The quantitative estimate of drug-likeness (QED) is 0.795. The molecule has 3 nitrogen and oxygen atoms in total. The Labute approximate surface area is 150 Å². The lowest BCUT2D eigenvalue weighted by atomic mass is 9.74. The SMILES string of the molecule is COc1ccc(CCCN2CCC(C#N)(c3ccccc3)CC2)cc1. The molecule has 2 aromatic carbocycles. The van der Waals surface area contributed by atoms with Crippen LogP contribution < -0.4 is 4.74 Å². The number of methoxy groups -OCH3 is 1. The van der Waals surface area contributed by atoms with E-state index in [0.29, 0.717) is 0 Å². The van der Waals surface area contributed by atoms with Crippen LogP contribution in [0.4, 0.5) is 0 Å². The number of rotatable bonds is 6. The molecule has 0 spiro atoms. The van der Waals surface area contributed by atoms with E-state index in [9.17, 15) is 5.26 Å². The van der Waals surface area contributed by atoms with Gasteiger partial charge in [-0.15, -0.1) is 0 Å². The number of hydrogen-bond donors (Lipinski definition) is 0. The van der Waals surface area contributed by atoms with Crippen molar-refractivity contribution in [1.29, 1.82) is 5.26 Å². The summed E-state index contributed by atoms with van der Waals surface area (Å²) in [5, 5.41) is 9.77. The highest BCUT2D eigenvalue weighted by molar-refractivity contribution is 5.33. The second kappa shape index (κ2) is 8.18. The predicted molar refractivity (Wildman–Crippen MR) is 101 cm³/mol. The lowest BCUT2D eigenvalue weighted by molar-refractivity contribution is 0.184. The number of nitriles is 1. The maximum Gasteiger partial charge on any atom is 0.118 e. The third-order valence-electron chi connectivity index (χ3n) is 5.35. The molecule has 2 aromatic rings.